The summed E-state index contributed by atoms with van der Waals surface area (Å²) in [7, 11) is 0. The molecule has 8 fully saturated rings. The predicted octanol–water partition coefficient (Wildman–Crippen LogP) is 4.69. The van der Waals surface area contributed by atoms with E-state index in [0.29, 0.717) is 11.3 Å². The van der Waals surface area contributed by atoms with E-state index >= 15 is 0 Å². The molecular formula is C22H32NO. The summed E-state index contributed by atoms with van der Waals surface area (Å²) >= 11 is 0. The number of carbonyl (C=O) groups is 1. The third kappa shape index (κ3) is 2.23. The Hall–Kier alpha value is -0.530. The summed E-state index contributed by atoms with van der Waals surface area (Å²) in [6.07, 6.45) is 17.3. The molecule has 0 saturated heterocycles. The van der Waals surface area contributed by atoms with Gasteiger partial charge >= 0.3 is 0 Å². The maximum atomic E-state index is 13.0. The van der Waals surface area contributed by atoms with Gasteiger partial charge in [-0.3, -0.25) is 4.79 Å². The van der Waals surface area contributed by atoms with Crippen molar-refractivity contribution in [2.75, 3.05) is 0 Å². The molecule has 1 amide bonds. The lowest BCUT2D eigenvalue weighted by Crippen LogP contribution is -2.57. The second kappa shape index (κ2) is 4.80. The van der Waals surface area contributed by atoms with Crippen LogP contribution in [0.15, 0.2) is 0 Å². The third-order valence-electron chi connectivity index (χ3n) is 9.06. The maximum absolute atomic E-state index is 13.0. The molecule has 0 aromatic rings. The van der Waals surface area contributed by atoms with Crippen LogP contribution in [0.25, 0.3) is 0 Å². The molecule has 0 heterocycles. The molecule has 131 valence electrons. The van der Waals surface area contributed by atoms with Crippen molar-refractivity contribution in [3.63, 3.8) is 0 Å². The quantitative estimate of drug-likeness (QED) is 0.740. The van der Waals surface area contributed by atoms with Crippen LogP contribution in [0.3, 0.4) is 0 Å². The highest BCUT2D eigenvalue weighted by Crippen LogP contribution is 2.62. The largest absolute Gasteiger partial charge is 0.273 e. The summed E-state index contributed by atoms with van der Waals surface area (Å²) in [5.74, 6) is 5.83. The van der Waals surface area contributed by atoms with Gasteiger partial charge in [0.2, 0.25) is 5.91 Å². The molecule has 8 rings (SSSR count). The van der Waals surface area contributed by atoms with Crippen LogP contribution < -0.4 is 5.32 Å². The fraction of sp³-hybridized carbons (Fsp3) is 0.955. The molecule has 2 nitrogen and oxygen atoms in total. The maximum Gasteiger partial charge on any atom is 0.242 e. The van der Waals surface area contributed by atoms with Gasteiger partial charge in [0.05, 0.1) is 5.54 Å². The Balaban J connectivity index is 1.17. The molecule has 0 spiro atoms. The van der Waals surface area contributed by atoms with Crippen molar-refractivity contribution in [1.82, 2.24) is 5.32 Å². The van der Waals surface area contributed by atoms with Gasteiger partial charge in [-0.05, 0) is 118 Å². The van der Waals surface area contributed by atoms with Gasteiger partial charge in [0.15, 0.2) is 0 Å². The van der Waals surface area contributed by atoms with Gasteiger partial charge in [0, 0.05) is 6.42 Å². The molecule has 8 saturated carbocycles. The normalized spacial score (nSPS) is 56.7. The summed E-state index contributed by atoms with van der Waals surface area (Å²) in [5.41, 5.74) is 0.464. The predicted molar refractivity (Wildman–Crippen MR) is 93.3 cm³/mol. The second-order valence-corrected chi connectivity index (χ2v) is 11.2. The summed E-state index contributed by atoms with van der Waals surface area (Å²) in [6, 6.07) is 0. The van der Waals surface area contributed by atoms with Gasteiger partial charge in [0.25, 0.3) is 0 Å². The van der Waals surface area contributed by atoms with E-state index in [1.165, 1.54) is 77.0 Å². The van der Waals surface area contributed by atoms with Crippen LogP contribution in [-0.2, 0) is 4.79 Å². The first-order valence-corrected chi connectivity index (χ1v) is 10.8. The monoisotopic (exact) mass is 326 g/mol. The summed E-state index contributed by atoms with van der Waals surface area (Å²) in [6.45, 7) is 0. The van der Waals surface area contributed by atoms with Crippen LogP contribution in [0.4, 0.5) is 0 Å². The number of nitrogens with zero attached hydrogens (tertiary/aromatic N) is 1. The van der Waals surface area contributed by atoms with Crippen molar-refractivity contribution in [3.8, 4) is 0 Å². The fourth-order valence-corrected chi connectivity index (χ4v) is 9.33. The average molecular weight is 327 g/mol. The number of rotatable bonds is 3. The van der Waals surface area contributed by atoms with Crippen LogP contribution in [0, 0.1) is 40.9 Å². The van der Waals surface area contributed by atoms with E-state index in [1.54, 1.807) is 0 Å². The Morgan fingerprint density at radius 1 is 0.667 bits per heavy atom. The van der Waals surface area contributed by atoms with Gasteiger partial charge < -0.3 is 0 Å². The lowest BCUT2D eigenvalue weighted by atomic mass is 9.48. The molecule has 0 aromatic carbocycles. The zero-order chi connectivity index (χ0) is 15.9. The van der Waals surface area contributed by atoms with E-state index in [1.807, 2.05) is 0 Å². The Bertz CT molecular complexity index is 446. The second-order valence-electron chi connectivity index (χ2n) is 11.2. The average Bonchev–Trinajstić information content (AvgIpc) is 2.42. The van der Waals surface area contributed by atoms with Crippen molar-refractivity contribution < 1.29 is 4.79 Å². The van der Waals surface area contributed by atoms with E-state index in [0.717, 1.165) is 41.9 Å². The van der Waals surface area contributed by atoms with E-state index < -0.39 is 0 Å². The Kier molecular flexibility index (Phi) is 2.92. The number of hydrogen-bond donors (Lipinski definition) is 0. The van der Waals surface area contributed by atoms with Crippen LogP contribution in [-0.4, -0.2) is 11.4 Å². The Morgan fingerprint density at radius 3 is 1.46 bits per heavy atom. The van der Waals surface area contributed by atoms with E-state index in [-0.39, 0.29) is 5.54 Å². The first kappa shape index (κ1) is 14.6. The van der Waals surface area contributed by atoms with Crippen molar-refractivity contribution in [2.24, 2.45) is 40.9 Å². The molecule has 1 radical (unpaired) electrons. The highest BCUT2D eigenvalue weighted by molar-refractivity contribution is 5.77. The van der Waals surface area contributed by atoms with Crippen LogP contribution >= 0.6 is 0 Å². The highest BCUT2D eigenvalue weighted by atomic mass is 16.1. The van der Waals surface area contributed by atoms with Gasteiger partial charge in [-0.1, -0.05) is 0 Å². The zero-order valence-electron chi connectivity index (χ0n) is 15.0. The standard InChI is InChI=1S/C22H32NO/c24-20(13-21-7-14-1-15(8-21)3-16(2-14)9-21)23-22-10-17-4-18(11-22)6-19(5-17)12-22/h14-19H,1-13H2. The highest BCUT2D eigenvalue weighted by Gasteiger charge is 2.55. The number of hydrogen-bond acceptors (Lipinski definition) is 1. The minimum atomic E-state index is 0.0914. The first-order chi connectivity index (χ1) is 11.6. The molecule has 2 heteroatoms. The smallest absolute Gasteiger partial charge is 0.242 e. The molecule has 8 aliphatic carbocycles. The van der Waals surface area contributed by atoms with E-state index in [9.17, 15) is 4.79 Å². The van der Waals surface area contributed by atoms with Crippen molar-refractivity contribution in [1.29, 1.82) is 0 Å². The minimum absolute atomic E-state index is 0.0914. The third-order valence-corrected chi connectivity index (χ3v) is 9.06. The summed E-state index contributed by atoms with van der Waals surface area (Å²) < 4.78 is 0. The fourth-order valence-electron chi connectivity index (χ4n) is 9.33. The zero-order valence-corrected chi connectivity index (χ0v) is 15.0. The molecular weight excluding hydrogens is 294 g/mol. The van der Waals surface area contributed by atoms with Crippen LogP contribution in [0.5, 0.6) is 0 Å². The number of amides is 1. The molecule has 8 aliphatic rings. The van der Waals surface area contributed by atoms with Crippen LogP contribution in [0.2, 0.25) is 0 Å². The van der Waals surface area contributed by atoms with Crippen LogP contribution in [0.1, 0.15) is 83.5 Å². The number of carbonyl (C=O) groups excluding carboxylic acids is 1. The van der Waals surface area contributed by atoms with E-state index in [2.05, 4.69) is 0 Å². The lowest BCUT2D eigenvalue weighted by molar-refractivity contribution is -0.135. The van der Waals surface area contributed by atoms with Gasteiger partial charge in [-0.25, -0.2) is 5.32 Å². The molecule has 0 unspecified atom stereocenters. The summed E-state index contributed by atoms with van der Waals surface area (Å²) in [5, 5.41) is 5.01. The van der Waals surface area contributed by atoms with Crippen molar-refractivity contribution >= 4 is 5.91 Å². The van der Waals surface area contributed by atoms with Gasteiger partial charge in [0.1, 0.15) is 0 Å². The topological polar surface area (TPSA) is 31.2 Å². The molecule has 0 aromatic heterocycles. The molecule has 0 aliphatic heterocycles. The van der Waals surface area contributed by atoms with Gasteiger partial charge in [-0.2, -0.15) is 0 Å². The SMILES string of the molecule is O=C(CC12CC3CC(CC(C3)C1)C2)[N]C12CC3CC(CC(C3)C1)C2. The Labute approximate surface area is 146 Å². The molecule has 8 bridgehead atoms. The van der Waals surface area contributed by atoms with Gasteiger partial charge in [-0.15, -0.1) is 0 Å². The molecule has 0 atom stereocenters. The van der Waals surface area contributed by atoms with Crippen molar-refractivity contribution in [3.05, 3.63) is 0 Å². The first-order valence-electron chi connectivity index (χ1n) is 10.8. The van der Waals surface area contributed by atoms with E-state index in [4.69, 9.17) is 5.32 Å². The lowest BCUT2D eigenvalue weighted by Gasteiger charge is -2.57. The summed E-state index contributed by atoms with van der Waals surface area (Å²) in [4.78, 5) is 13.0. The molecule has 24 heavy (non-hydrogen) atoms. The van der Waals surface area contributed by atoms with Crippen molar-refractivity contribution in [2.45, 2.75) is 89.0 Å². The minimum Gasteiger partial charge on any atom is -0.273 e. The Morgan fingerprint density at radius 2 is 1.04 bits per heavy atom. The molecule has 0 N–H and O–H groups in total.